The van der Waals surface area contributed by atoms with Crippen LogP contribution in [0.1, 0.15) is 53.3 Å². The lowest BCUT2D eigenvalue weighted by atomic mass is 9.71. The number of pyridine rings is 1. The van der Waals surface area contributed by atoms with Gasteiger partial charge in [0, 0.05) is 17.8 Å². The van der Waals surface area contributed by atoms with Crippen LogP contribution in [0.5, 0.6) is 5.88 Å². The Morgan fingerprint density at radius 1 is 1.17 bits per heavy atom. The van der Waals surface area contributed by atoms with Crippen LogP contribution < -0.4 is 5.32 Å². The normalized spacial score (nSPS) is 17.6. The number of ketones is 1. The minimum atomic E-state index is -3.30. The van der Waals surface area contributed by atoms with E-state index >= 15 is 0 Å². The number of rotatable bonds is 6. The van der Waals surface area contributed by atoms with Gasteiger partial charge in [-0.1, -0.05) is 19.1 Å². The second kappa shape index (κ2) is 9.18. The standard InChI is InChI=1S/C25H26N4O5S/c1-4-35(33,34)17-7-5-16(6-8-17)14-21(31)28-19-13-15(2)22-18(27-19)9-11-25(3,23(22)32)24-26-12-10-20(30)29-24/h5-8,10,12-13H,4,9,11,14H2,1-3H3,(H,26,29,30)(H,27,28,31). The fourth-order valence-electron chi connectivity index (χ4n) is 4.23. The fraction of sp³-hybridized carbons (Fsp3) is 0.320. The van der Waals surface area contributed by atoms with Crippen LogP contribution in [0.25, 0.3) is 0 Å². The van der Waals surface area contributed by atoms with Crippen molar-refractivity contribution < 1.29 is 23.1 Å². The number of aryl methyl sites for hydroxylation is 2. The van der Waals surface area contributed by atoms with E-state index in [4.69, 9.17) is 0 Å². The van der Waals surface area contributed by atoms with E-state index in [0.717, 1.165) is 0 Å². The van der Waals surface area contributed by atoms with Gasteiger partial charge in [-0.15, -0.1) is 0 Å². The molecule has 1 aliphatic rings. The van der Waals surface area contributed by atoms with Crippen LogP contribution in [0, 0.1) is 6.92 Å². The van der Waals surface area contributed by atoms with Gasteiger partial charge in [0.15, 0.2) is 15.6 Å². The lowest BCUT2D eigenvalue weighted by molar-refractivity contribution is -0.115. The fourth-order valence-corrected chi connectivity index (χ4v) is 5.12. The number of carbonyl (C=O) groups is 2. The van der Waals surface area contributed by atoms with Crippen molar-refractivity contribution in [2.45, 2.75) is 50.3 Å². The predicted octanol–water partition coefficient (Wildman–Crippen LogP) is 2.95. The zero-order valence-electron chi connectivity index (χ0n) is 19.7. The molecule has 1 unspecified atom stereocenters. The average molecular weight is 495 g/mol. The zero-order chi connectivity index (χ0) is 25.4. The van der Waals surface area contributed by atoms with Crippen molar-refractivity contribution >= 4 is 27.3 Å². The number of nitrogens with one attached hydrogen (secondary N) is 1. The SMILES string of the molecule is CCS(=O)(=O)c1ccc(CC(=O)Nc2cc(C)c3c(n2)CCC(C)(c2nccc(O)n2)C3=O)cc1. The number of carbonyl (C=O) groups excluding carboxylic acids is 2. The van der Waals surface area contributed by atoms with E-state index in [2.05, 4.69) is 20.3 Å². The molecule has 1 atom stereocenters. The third-order valence-corrected chi connectivity index (χ3v) is 8.06. The van der Waals surface area contributed by atoms with Crippen LogP contribution >= 0.6 is 0 Å². The number of amides is 1. The van der Waals surface area contributed by atoms with Gasteiger partial charge in [-0.05, 0) is 56.0 Å². The van der Waals surface area contributed by atoms with Crippen molar-refractivity contribution in [2.24, 2.45) is 0 Å². The Morgan fingerprint density at radius 3 is 2.54 bits per heavy atom. The molecule has 35 heavy (non-hydrogen) atoms. The smallest absolute Gasteiger partial charge is 0.229 e. The molecule has 0 aliphatic heterocycles. The van der Waals surface area contributed by atoms with Crippen molar-refractivity contribution in [3.8, 4) is 5.88 Å². The first-order valence-electron chi connectivity index (χ1n) is 11.2. The van der Waals surface area contributed by atoms with Gasteiger partial charge in [-0.3, -0.25) is 9.59 Å². The van der Waals surface area contributed by atoms with Crippen molar-refractivity contribution in [3.63, 3.8) is 0 Å². The predicted molar refractivity (Wildman–Crippen MR) is 129 cm³/mol. The highest BCUT2D eigenvalue weighted by molar-refractivity contribution is 7.91. The summed E-state index contributed by atoms with van der Waals surface area (Å²) in [6, 6.07) is 9.26. The Balaban J connectivity index is 1.51. The highest BCUT2D eigenvalue weighted by Crippen LogP contribution is 2.38. The number of fused-ring (bicyclic) bond motifs is 1. The van der Waals surface area contributed by atoms with E-state index in [1.807, 2.05) is 0 Å². The quantitative estimate of drug-likeness (QED) is 0.533. The van der Waals surface area contributed by atoms with Crippen LogP contribution in [-0.4, -0.2) is 45.9 Å². The number of hydrogen-bond donors (Lipinski definition) is 2. The second-order valence-corrected chi connectivity index (χ2v) is 11.1. The molecule has 0 fully saturated rings. The molecule has 2 N–H and O–H groups in total. The summed E-state index contributed by atoms with van der Waals surface area (Å²) in [7, 11) is -3.30. The maximum absolute atomic E-state index is 13.4. The molecular weight excluding hydrogens is 468 g/mol. The highest BCUT2D eigenvalue weighted by atomic mass is 32.2. The Morgan fingerprint density at radius 2 is 1.89 bits per heavy atom. The number of aromatic nitrogens is 3. The summed E-state index contributed by atoms with van der Waals surface area (Å²) in [4.78, 5) is 39.0. The lowest BCUT2D eigenvalue weighted by Crippen LogP contribution is -2.40. The first-order valence-corrected chi connectivity index (χ1v) is 12.9. The Hall–Kier alpha value is -3.66. The maximum Gasteiger partial charge on any atom is 0.229 e. The molecule has 0 spiro atoms. The largest absolute Gasteiger partial charge is 0.493 e. The summed E-state index contributed by atoms with van der Waals surface area (Å²) in [5, 5.41) is 12.5. The molecule has 0 saturated heterocycles. The monoisotopic (exact) mass is 494 g/mol. The first kappa shape index (κ1) is 24.5. The van der Waals surface area contributed by atoms with Crippen LogP contribution in [0.2, 0.25) is 0 Å². The molecule has 1 amide bonds. The van der Waals surface area contributed by atoms with Crippen LogP contribution in [0.4, 0.5) is 5.82 Å². The highest BCUT2D eigenvalue weighted by Gasteiger charge is 2.44. The van der Waals surface area contributed by atoms with Crippen LogP contribution in [-0.2, 0) is 32.9 Å². The zero-order valence-corrected chi connectivity index (χ0v) is 20.5. The summed E-state index contributed by atoms with van der Waals surface area (Å²) in [6.07, 6.45) is 2.37. The molecule has 182 valence electrons. The number of nitrogens with zero attached hydrogens (tertiary/aromatic N) is 3. The molecule has 10 heteroatoms. The third kappa shape index (κ3) is 4.79. The summed E-state index contributed by atoms with van der Waals surface area (Å²) < 4.78 is 23.9. The summed E-state index contributed by atoms with van der Waals surface area (Å²) in [6.45, 7) is 5.13. The number of Topliss-reactive ketones (excluding diaryl/α,β-unsaturated/α-hetero) is 1. The van der Waals surface area contributed by atoms with E-state index in [1.165, 1.54) is 24.4 Å². The van der Waals surface area contributed by atoms with E-state index in [-0.39, 0.29) is 40.5 Å². The molecular formula is C25H26N4O5S. The summed E-state index contributed by atoms with van der Waals surface area (Å²) in [5.41, 5.74) is 1.44. The van der Waals surface area contributed by atoms with E-state index in [1.54, 1.807) is 39.0 Å². The van der Waals surface area contributed by atoms with Crippen LogP contribution in [0.3, 0.4) is 0 Å². The Bertz CT molecular complexity index is 1420. The number of aromatic hydroxyl groups is 1. The maximum atomic E-state index is 13.4. The van der Waals surface area contributed by atoms with Gasteiger partial charge >= 0.3 is 0 Å². The molecule has 9 nitrogen and oxygen atoms in total. The topological polar surface area (TPSA) is 139 Å². The van der Waals surface area contributed by atoms with Crippen molar-refractivity contribution in [2.75, 3.05) is 11.1 Å². The van der Waals surface area contributed by atoms with Gasteiger partial charge in [0.25, 0.3) is 0 Å². The van der Waals surface area contributed by atoms with Gasteiger partial charge in [0.2, 0.25) is 11.8 Å². The Kier molecular flexibility index (Phi) is 6.42. The van der Waals surface area contributed by atoms with Crippen LogP contribution in [0.15, 0.2) is 47.5 Å². The number of hydrogen-bond acceptors (Lipinski definition) is 8. The second-order valence-electron chi connectivity index (χ2n) is 8.82. The van der Waals surface area contributed by atoms with Gasteiger partial charge in [-0.25, -0.2) is 18.4 Å². The minimum absolute atomic E-state index is 0.0126. The number of sulfone groups is 1. The van der Waals surface area contributed by atoms with Gasteiger partial charge < -0.3 is 10.4 Å². The molecule has 1 aromatic carbocycles. The van der Waals surface area contributed by atoms with Gasteiger partial charge in [0.05, 0.1) is 28.2 Å². The minimum Gasteiger partial charge on any atom is -0.493 e. The number of benzene rings is 1. The molecule has 4 rings (SSSR count). The van der Waals surface area contributed by atoms with Gasteiger partial charge in [-0.2, -0.15) is 4.98 Å². The number of anilines is 1. The lowest BCUT2D eigenvalue weighted by Gasteiger charge is -2.32. The molecule has 0 radical (unpaired) electrons. The van der Waals surface area contributed by atoms with Crippen molar-refractivity contribution in [1.82, 2.24) is 15.0 Å². The van der Waals surface area contributed by atoms with Crippen molar-refractivity contribution in [1.29, 1.82) is 0 Å². The molecule has 0 bridgehead atoms. The van der Waals surface area contributed by atoms with E-state index in [0.29, 0.717) is 41.0 Å². The Labute approximate surface area is 203 Å². The van der Waals surface area contributed by atoms with E-state index in [9.17, 15) is 23.1 Å². The molecule has 2 aromatic heterocycles. The molecule has 0 saturated carbocycles. The van der Waals surface area contributed by atoms with Crippen molar-refractivity contribution in [3.05, 3.63) is 70.8 Å². The molecule has 3 aromatic rings. The third-order valence-electron chi connectivity index (χ3n) is 6.31. The summed E-state index contributed by atoms with van der Waals surface area (Å²) in [5.74, 6) is -0.0375. The summed E-state index contributed by atoms with van der Waals surface area (Å²) >= 11 is 0. The van der Waals surface area contributed by atoms with Gasteiger partial charge in [0.1, 0.15) is 11.6 Å². The molecule has 2 heterocycles. The molecule has 1 aliphatic carbocycles. The first-order chi connectivity index (χ1) is 16.5. The average Bonchev–Trinajstić information content (AvgIpc) is 2.81. The van der Waals surface area contributed by atoms with E-state index < -0.39 is 15.3 Å².